The third-order valence-corrected chi connectivity index (χ3v) is 10.4. The van der Waals surface area contributed by atoms with E-state index >= 15 is 0 Å². The molecule has 1 saturated carbocycles. The van der Waals surface area contributed by atoms with Gasteiger partial charge in [0.15, 0.2) is 19.9 Å². The van der Waals surface area contributed by atoms with Gasteiger partial charge in [-0.3, -0.25) is 0 Å². The van der Waals surface area contributed by atoms with Crippen LogP contribution in [0.5, 0.6) is 11.5 Å². The van der Waals surface area contributed by atoms with Crippen molar-refractivity contribution in [2.45, 2.75) is 70.7 Å². The summed E-state index contributed by atoms with van der Waals surface area (Å²) in [7, 11) is -0.251. The van der Waals surface area contributed by atoms with Gasteiger partial charge in [0, 0.05) is 12.7 Å². The monoisotopic (exact) mass is 393 g/mol. The molecule has 0 saturated heterocycles. The van der Waals surface area contributed by atoms with Crippen molar-refractivity contribution in [3.05, 3.63) is 23.5 Å². The average molecular weight is 394 g/mol. The number of nitriles is 1. The predicted octanol–water partition coefficient (Wildman–Crippen LogP) is 5.67. The zero-order valence-corrected chi connectivity index (χ0v) is 18.4. The van der Waals surface area contributed by atoms with Gasteiger partial charge in [-0.25, -0.2) is 4.39 Å². The lowest BCUT2D eigenvalue weighted by Gasteiger charge is -2.38. The highest BCUT2D eigenvalue weighted by Crippen LogP contribution is 2.38. The summed E-state index contributed by atoms with van der Waals surface area (Å²) in [6.45, 7) is 12.1. The van der Waals surface area contributed by atoms with E-state index in [0.29, 0.717) is 11.7 Å². The van der Waals surface area contributed by atoms with Crippen molar-refractivity contribution in [2.75, 3.05) is 13.7 Å². The number of rotatable bonds is 6. The van der Waals surface area contributed by atoms with Crippen LogP contribution in [0.1, 0.15) is 52.0 Å². The molecular weight excluding hydrogens is 361 g/mol. The summed E-state index contributed by atoms with van der Waals surface area (Å²) >= 11 is 0. The third-order valence-electron chi connectivity index (χ3n) is 5.95. The molecule has 0 bridgehead atoms. The molecule has 4 nitrogen and oxygen atoms in total. The number of hydrogen-bond donors (Lipinski definition) is 0. The summed E-state index contributed by atoms with van der Waals surface area (Å²) in [6.07, 6.45) is 3.80. The Morgan fingerprint density at radius 3 is 2.30 bits per heavy atom. The molecule has 0 heterocycles. The molecule has 1 fully saturated rings. The van der Waals surface area contributed by atoms with E-state index in [0.717, 1.165) is 32.3 Å². The summed E-state index contributed by atoms with van der Waals surface area (Å²) in [5.74, 6) is 0.521. The first-order valence-corrected chi connectivity index (χ1v) is 12.6. The molecule has 0 aromatic heterocycles. The van der Waals surface area contributed by atoms with Gasteiger partial charge in [-0.15, -0.1) is 0 Å². The van der Waals surface area contributed by atoms with Crippen LogP contribution in [0.15, 0.2) is 12.1 Å². The van der Waals surface area contributed by atoms with Gasteiger partial charge in [0.1, 0.15) is 11.8 Å². The summed E-state index contributed by atoms with van der Waals surface area (Å²) < 4.78 is 31.6. The van der Waals surface area contributed by atoms with Gasteiger partial charge in [0.2, 0.25) is 0 Å². The van der Waals surface area contributed by atoms with Gasteiger partial charge in [0.25, 0.3) is 0 Å². The summed E-state index contributed by atoms with van der Waals surface area (Å²) in [5.41, 5.74) is 0.175. The van der Waals surface area contributed by atoms with E-state index in [9.17, 15) is 4.39 Å². The number of halogens is 1. The Kier molecular flexibility index (Phi) is 6.93. The standard InChI is InChI=1S/C21H32FNO3Si/c1-21(2,3)27(5,6)25-14-15-7-9-17(10-8-15)26-20-12-19(24-4)16(13-23)11-18(20)22/h11-12,15,17H,7-10,14H2,1-6H3. The molecule has 0 amide bonds. The van der Waals surface area contributed by atoms with Gasteiger partial charge >= 0.3 is 0 Å². The van der Waals surface area contributed by atoms with Crippen molar-refractivity contribution in [1.82, 2.24) is 0 Å². The number of ether oxygens (including phenoxy) is 2. The Morgan fingerprint density at radius 2 is 1.78 bits per heavy atom. The van der Waals surface area contributed by atoms with Gasteiger partial charge in [-0.1, -0.05) is 20.8 Å². The lowest BCUT2D eigenvalue weighted by Crippen LogP contribution is -2.42. The highest BCUT2D eigenvalue weighted by molar-refractivity contribution is 6.74. The predicted molar refractivity (Wildman–Crippen MR) is 107 cm³/mol. The summed E-state index contributed by atoms with van der Waals surface area (Å²) in [4.78, 5) is 0. The van der Waals surface area contributed by atoms with Gasteiger partial charge < -0.3 is 13.9 Å². The summed E-state index contributed by atoms with van der Waals surface area (Å²) in [5, 5.41) is 9.25. The van der Waals surface area contributed by atoms with Crippen LogP contribution in [0.2, 0.25) is 18.1 Å². The van der Waals surface area contributed by atoms with E-state index in [4.69, 9.17) is 19.2 Å². The Morgan fingerprint density at radius 1 is 1.15 bits per heavy atom. The van der Waals surface area contributed by atoms with Crippen LogP contribution in [-0.4, -0.2) is 28.1 Å². The van der Waals surface area contributed by atoms with Crippen molar-refractivity contribution in [2.24, 2.45) is 5.92 Å². The highest BCUT2D eigenvalue weighted by atomic mass is 28.4. The Hall–Kier alpha value is -1.58. The molecule has 150 valence electrons. The molecule has 1 aromatic rings. The first-order valence-electron chi connectivity index (χ1n) is 9.65. The second-order valence-corrected chi connectivity index (χ2v) is 13.7. The molecular formula is C21H32FNO3Si. The van der Waals surface area contributed by atoms with Gasteiger partial charge in [-0.05, 0) is 55.8 Å². The Balaban J connectivity index is 1.89. The van der Waals surface area contributed by atoms with Crippen LogP contribution < -0.4 is 9.47 Å². The lowest BCUT2D eigenvalue weighted by molar-refractivity contribution is 0.103. The lowest BCUT2D eigenvalue weighted by atomic mass is 9.88. The molecule has 0 unspecified atom stereocenters. The van der Waals surface area contributed by atoms with E-state index < -0.39 is 14.1 Å². The molecule has 0 atom stereocenters. The molecule has 27 heavy (non-hydrogen) atoms. The largest absolute Gasteiger partial charge is 0.495 e. The molecule has 2 rings (SSSR count). The Labute approximate surface area is 163 Å². The smallest absolute Gasteiger partial charge is 0.191 e. The van der Waals surface area contributed by atoms with Crippen LogP contribution >= 0.6 is 0 Å². The number of hydrogen-bond acceptors (Lipinski definition) is 4. The van der Waals surface area contributed by atoms with Crippen molar-refractivity contribution in [1.29, 1.82) is 5.26 Å². The minimum absolute atomic E-state index is 0.0127. The van der Waals surface area contributed by atoms with Crippen molar-refractivity contribution in [3.8, 4) is 17.6 Å². The fraction of sp³-hybridized carbons (Fsp3) is 0.667. The number of benzene rings is 1. The maximum atomic E-state index is 14.2. The van der Waals surface area contributed by atoms with E-state index in [2.05, 4.69) is 33.9 Å². The minimum Gasteiger partial charge on any atom is -0.495 e. The fourth-order valence-electron chi connectivity index (χ4n) is 3.02. The molecule has 1 aromatic carbocycles. The molecule has 0 spiro atoms. The zero-order valence-electron chi connectivity index (χ0n) is 17.4. The molecule has 1 aliphatic rings. The van der Waals surface area contributed by atoms with Crippen molar-refractivity contribution >= 4 is 8.32 Å². The molecule has 1 aliphatic carbocycles. The number of nitrogens with zero attached hydrogens (tertiary/aromatic N) is 1. The molecule has 6 heteroatoms. The van der Waals surface area contributed by atoms with E-state index in [-0.39, 0.29) is 22.5 Å². The molecule has 0 N–H and O–H groups in total. The van der Waals surface area contributed by atoms with Crippen LogP contribution in [-0.2, 0) is 4.43 Å². The van der Waals surface area contributed by atoms with Crippen LogP contribution in [0.25, 0.3) is 0 Å². The Bertz CT molecular complexity index is 686. The maximum absolute atomic E-state index is 14.2. The number of methoxy groups -OCH3 is 1. The normalized spacial score (nSPS) is 20.8. The van der Waals surface area contributed by atoms with E-state index in [1.165, 1.54) is 19.2 Å². The first kappa shape index (κ1) is 21.7. The minimum atomic E-state index is -1.72. The third kappa shape index (κ3) is 5.46. The molecule has 0 aliphatic heterocycles. The van der Waals surface area contributed by atoms with Crippen LogP contribution in [0.4, 0.5) is 4.39 Å². The quantitative estimate of drug-likeness (QED) is 0.585. The van der Waals surface area contributed by atoms with Gasteiger partial charge in [-0.2, -0.15) is 5.26 Å². The molecule has 0 radical (unpaired) electrons. The second-order valence-electron chi connectivity index (χ2n) is 8.93. The van der Waals surface area contributed by atoms with Crippen LogP contribution in [0.3, 0.4) is 0 Å². The zero-order chi connectivity index (χ0) is 20.2. The first-order chi connectivity index (χ1) is 12.6. The van der Waals surface area contributed by atoms with Crippen molar-refractivity contribution in [3.63, 3.8) is 0 Å². The van der Waals surface area contributed by atoms with Crippen LogP contribution in [0, 0.1) is 23.1 Å². The van der Waals surface area contributed by atoms with Gasteiger partial charge in [0.05, 0.1) is 18.8 Å². The van der Waals surface area contributed by atoms with E-state index in [1.54, 1.807) is 0 Å². The fourth-order valence-corrected chi connectivity index (χ4v) is 4.11. The topological polar surface area (TPSA) is 51.5 Å². The second kappa shape index (κ2) is 8.62. The van der Waals surface area contributed by atoms with Crippen molar-refractivity contribution < 1.29 is 18.3 Å². The SMILES string of the molecule is COc1cc(OC2CCC(CO[Si](C)(C)C(C)(C)C)CC2)c(F)cc1C#N. The average Bonchev–Trinajstić information content (AvgIpc) is 2.61. The highest BCUT2D eigenvalue weighted by Gasteiger charge is 2.38. The maximum Gasteiger partial charge on any atom is 0.191 e. The summed E-state index contributed by atoms with van der Waals surface area (Å²) in [6, 6.07) is 4.58. The van der Waals surface area contributed by atoms with E-state index in [1.807, 2.05) is 6.07 Å².